The maximum atomic E-state index is 13.3. The predicted molar refractivity (Wildman–Crippen MR) is 125 cm³/mol. The highest BCUT2D eigenvalue weighted by atomic mass is 16.6. The van der Waals surface area contributed by atoms with E-state index in [0.717, 1.165) is 44.1 Å². The van der Waals surface area contributed by atoms with Crippen molar-refractivity contribution < 1.29 is 14.3 Å². The fourth-order valence-corrected chi connectivity index (χ4v) is 4.83. The van der Waals surface area contributed by atoms with Crippen molar-refractivity contribution in [3.8, 4) is 0 Å². The summed E-state index contributed by atoms with van der Waals surface area (Å²) in [6.45, 7) is 6.35. The van der Waals surface area contributed by atoms with Crippen LogP contribution in [0.3, 0.4) is 0 Å². The minimum Gasteiger partial charge on any atom is -0.443 e. The number of likely N-dealkylation sites (tertiary alicyclic amines) is 1. The van der Waals surface area contributed by atoms with Crippen molar-refractivity contribution in [3.05, 3.63) is 59.8 Å². The summed E-state index contributed by atoms with van der Waals surface area (Å²) in [6.07, 6.45) is 7.20. The lowest BCUT2D eigenvalue weighted by atomic mass is 10.0. The van der Waals surface area contributed by atoms with E-state index in [1.165, 1.54) is 0 Å². The van der Waals surface area contributed by atoms with Gasteiger partial charge in [0.15, 0.2) is 0 Å². The number of anilines is 1. The number of amides is 2. The van der Waals surface area contributed by atoms with E-state index in [4.69, 9.17) is 4.74 Å². The first-order chi connectivity index (χ1) is 15.3. The Morgan fingerprint density at radius 3 is 2.41 bits per heavy atom. The van der Waals surface area contributed by atoms with Crippen LogP contribution in [0.15, 0.2) is 48.7 Å². The number of carbonyl (C=O) groups is 2. The quantitative estimate of drug-likeness (QED) is 0.614. The number of aromatic nitrogens is 1. The van der Waals surface area contributed by atoms with Crippen LogP contribution in [0.25, 0.3) is 0 Å². The minimum absolute atomic E-state index is 0.0209. The van der Waals surface area contributed by atoms with E-state index in [1.807, 2.05) is 68.1 Å². The highest BCUT2D eigenvalue weighted by molar-refractivity contribution is 5.95. The molecule has 6 nitrogen and oxygen atoms in total. The fraction of sp³-hybridized carbons (Fsp3) is 0.500. The normalized spacial score (nSPS) is 19.2. The summed E-state index contributed by atoms with van der Waals surface area (Å²) in [7, 11) is 0. The summed E-state index contributed by atoms with van der Waals surface area (Å²) in [5, 5.41) is 0. The van der Waals surface area contributed by atoms with E-state index in [0.29, 0.717) is 17.9 Å². The largest absolute Gasteiger partial charge is 0.443 e. The van der Waals surface area contributed by atoms with Crippen molar-refractivity contribution in [2.45, 2.75) is 77.0 Å². The van der Waals surface area contributed by atoms with E-state index in [-0.39, 0.29) is 24.1 Å². The van der Waals surface area contributed by atoms with Gasteiger partial charge in [-0.15, -0.1) is 0 Å². The Morgan fingerprint density at radius 1 is 1.00 bits per heavy atom. The third kappa shape index (κ3) is 4.79. The SMILES string of the molecule is CC(C)(C)OC(=O)N(c1ncccc1C1CCCN1C(=O)c1ccccc1)C1CCCC1. The molecule has 2 amide bonds. The van der Waals surface area contributed by atoms with Crippen LogP contribution in [0, 0.1) is 0 Å². The molecule has 0 N–H and O–H groups in total. The van der Waals surface area contributed by atoms with E-state index in [9.17, 15) is 9.59 Å². The molecular formula is C26H33N3O3. The van der Waals surface area contributed by atoms with Gasteiger partial charge in [-0.3, -0.25) is 9.69 Å². The Hall–Kier alpha value is -2.89. The molecule has 4 rings (SSSR count). The molecule has 1 aromatic carbocycles. The second-order valence-electron chi connectivity index (χ2n) is 9.73. The molecule has 1 atom stereocenters. The molecule has 2 aliphatic rings. The summed E-state index contributed by atoms with van der Waals surface area (Å²) in [5.74, 6) is 0.652. The zero-order valence-corrected chi connectivity index (χ0v) is 19.3. The van der Waals surface area contributed by atoms with Crippen molar-refractivity contribution in [3.63, 3.8) is 0 Å². The Bertz CT molecular complexity index is 948. The molecule has 2 heterocycles. The molecule has 0 bridgehead atoms. The first kappa shape index (κ1) is 22.3. The summed E-state index contributed by atoms with van der Waals surface area (Å²) in [4.78, 5) is 35.0. The van der Waals surface area contributed by atoms with Gasteiger partial charge in [-0.05, 0) is 64.7 Å². The zero-order valence-electron chi connectivity index (χ0n) is 19.3. The Morgan fingerprint density at radius 2 is 1.72 bits per heavy atom. The van der Waals surface area contributed by atoms with Crippen molar-refractivity contribution in [2.24, 2.45) is 0 Å². The second-order valence-corrected chi connectivity index (χ2v) is 9.73. The molecule has 0 spiro atoms. The Kier molecular flexibility index (Phi) is 6.49. The third-order valence-electron chi connectivity index (χ3n) is 6.22. The van der Waals surface area contributed by atoms with Gasteiger partial charge in [0.25, 0.3) is 5.91 Å². The summed E-state index contributed by atoms with van der Waals surface area (Å²) in [6, 6.07) is 13.3. The molecule has 2 aromatic rings. The number of rotatable bonds is 4. The predicted octanol–water partition coefficient (Wildman–Crippen LogP) is 5.74. The number of ether oxygens (including phenoxy) is 1. The van der Waals surface area contributed by atoms with Crippen molar-refractivity contribution in [1.82, 2.24) is 9.88 Å². The highest BCUT2D eigenvalue weighted by Gasteiger charge is 2.38. The summed E-state index contributed by atoms with van der Waals surface area (Å²) >= 11 is 0. The zero-order chi connectivity index (χ0) is 22.7. The van der Waals surface area contributed by atoms with Gasteiger partial charge in [0.05, 0.1) is 6.04 Å². The van der Waals surface area contributed by atoms with Crippen molar-refractivity contribution in [1.29, 1.82) is 0 Å². The molecule has 0 radical (unpaired) electrons. The van der Waals surface area contributed by atoms with Gasteiger partial charge in [-0.25, -0.2) is 9.78 Å². The lowest BCUT2D eigenvalue weighted by Gasteiger charge is -2.34. The van der Waals surface area contributed by atoms with Crippen molar-refractivity contribution >= 4 is 17.8 Å². The van der Waals surface area contributed by atoms with Gasteiger partial charge < -0.3 is 9.64 Å². The molecule has 1 saturated heterocycles. The molecule has 170 valence electrons. The molecule has 32 heavy (non-hydrogen) atoms. The van der Waals surface area contributed by atoms with Gasteiger partial charge in [0.1, 0.15) is 11.4 Å². The first-order valence-electron chi connectivity index (χ1n) is 11.7. The van der Waals surface area contributed by atoms with Crippen LogP contribution < -0.4 is 4.90 Å². The van der Waals surface area contributed by atoms with Crippen LogP contribution in [-0.2, 0) is 4.74 Å². The summed E-state index contributed by atoms with van der Waals surface area (Å²) < 4.78 is 5.79. The topological polar surface area (TPSA) is 62.7 Å². The lowest BCUT2D eigenvalue weighted by molar-refractivity contribution is 0.0564. The monoisotopic (exact) mass is 435 g/mol. The number of hydrogen-bond donors (Lipinski definition) is 0. The number of benzene rings is 1. The number of pyridine rings is 1. The molecule has 1 unspecified atom stereocenters. The van der Waals surface area contributed by atoms with E-state index in [2.05, 4.69) is 4.98 Å². The molecular weight excluding hydrogens is 402 g/mol. The van der Waals surface area contributed by atoms with Crippen LogP contribution >= 0.6 is 0 Å². The van der Waals surface area contributed by atoms with E-state index in [1.54, 1.807) is 11.1 Å². The molecule has 1 aromatic heterocycles. The lowest BCUT2D eigenvalue weighted by Crippen LogP contribution is -2.44. The van der Waals surface area contributed by atoms with Gasteiger partial charge in [-0.1, -0.05) is 37.1 Å². The summed E-state index contributed by atoms with van der Waals surface area (Å²) in [5.41, 5.74) is 1.02. The standard InChI is InChI=1S/C26H33N3O3/c1-26(2,3)32-25(31)29(20-13-7-8-14-20)23-21(15-9-17-27-23)22-16-10-18-28(22)24(30)19-11-5-4-6-12-19/h4-6,9,11-12,15,17,20,22H,7-8,10,13-14,16,18H2,1-3H3. The number of carbonyl (C=O) groups excluding carboxylic acids is 2. The average Bonchev–Trinajstić information content (AvgIpc) is 3.46. The van der Waals surface area contributed by atoms with Gasteiger partial charge >= 0.3 is 6.09 Å². The highest BCUT2D eigenvalue weighted by Crippen LogP contribution is 2.39. The number of hydrogen-bond acceptors (Lipinski definition) is 4. The average molecular weight is 436 g/mol. The van der Waals surface area contributed by atoms with Crippen LogP contribution in [-0.4, -0.2) is 40.1 Å². The second kappa shape index (κ2) is 9.31. The minimum atomic E-state index is -0.592. The Balaban J connectivity index is 1.70. The Labute approximate surface area is 190 Å². The van der Waals surface area contributed by atoms with Gasteiger partial charge in [-0.2, -0.15) is 0 Å². The molecule has 1 saturated carbocycles. The van der Waals surface area contributed by atoms with E-state index < -0.39 is 5.60 Å². The smallest absolute Gasteiger partial charge is 0.416 e. The van der Waals surface area contributed by atoms with Gasteiger partial charge in [0, 0.05) is 29.9 Å². The van der Waals surface area contributed by atoms with Crippen LogP contribution in [0.1, 0.15) is 81.3 Å². The maximum Gasteiger partial charge on any atom is 0.416 e. The first-order valence-corrected chi connectivity index (χ1v) is 11.7. The van der Waals surface area contributed by atoms with Crippen LogP contribution in [0.2, 0.25) is 0 Å². The maximum absolute atomic E-state index is 13.3. The van der Waals surface area contributed by atoms with Crippen molar-refractivity contribution in [2.75, 3.05) is 11.4 Å². The van der Waals surface area contributed by atoms with Crippen LogP contribution in [0.5, 0.6) is 0 Å². The fourth-order valence-electron chi connectivity index (χ4n) is 4.83. The van der Waals surface area contributed by atoms with E-state index >= 15 is 0 Å². The number of nitrogens with zero attached hydrogens (tertiary/aromatic N) is 3. The molecule has 2 fully saturated rings. The van der Waals surface area contributed by atoms with Crippen LogP contribution in [0.4, 0.5) is 10.6 Å². The molecule has 1 aliphatic heterocycles. The molecule has 6 heteroatoms. The van der Waals surface area contributed by atoms with Gasteiger partial charge in [0.2, 0.25) is 0 Å². The molecule has 1 aliphatic carbocycles. The third-order valence-corrected chi connectivity index (χ3v) is 6.22.